The Morgan fingerprint density at radius 1 is 1.35 bits per heavy atom. The van der Waals surface area contributed by atoms with Gasteiger partial charge in [-0.05, 0) is 7.05 Å². The Labute approximate surface area is 102 Å². The molecule has 0 aliphatic rings. The maximum atomic E-state index is 11.4. The van der Waals surface area contributed by atoms with E-state index in [-0.39, 0.29) is 24.3 Å². The van der Waals surface area contributed by atoms with Crippen molar-refractivity contribution in [3.8, 4) is 0 Å². The second kappa shape index (κ2) is 8.95. The predicted octanol–water partition coefficient (Wildman–Crippen LogP) is -0.510. The van der Waals surface area contributed by atoms with Crippen LogP contribution in [0.2, 0.25) is 0 Å². The van der Waals surface area contributed by atoms with E-state index in [9.17, 15) is 9.59 Å². The van der Waals surface area contributed by atoms with E-state index in [1.54, 1.807) is 26.0 Å². The van der Waals surface area contributed by atoms with Gasteiger partial charge in [0, 0.05) is 20.2 Å². The lowest BCUT2D eigenvalue weighted by molar-refractivity contribution is -0.145. The van der Waals surface area contributed by atoms with Crippen LogP contribution in [0.4, 0.5) is 0 Å². The summed E-state index contributed by atoms with van der Waals surface area (Å²) >= 11 is 0. The number of hydrogen-bond acceptors (Lipinski definition) is 5. The molecule has 17 heavy (non-hydrogen) atoms. The Morgan fingerprint density at radius 2 is 2.00 bits per heavy atom. The molecule has 1 atom stereocenters. The molecule has 6 heteroatoms. The number of nitrogens with zero attached hydrogens (tertiary/aromatic N) is 1. The standard InChI is InChI=1S/C11H22N2O4/c1-9(11(15)17-4)7-13(2)8-10(14)12-5-6-16-3/h9H,5-8H2,1-4H3,(H,12,14). The average Bonchev–Trinajstić information content (AvgIpc) is 2.27. The van der Waals surface area contributed by atoms with E-state index in [0.717, 1.165) is 0 Å². The molecule has 0 aromatic heterocycles. The third-order valence-corrected chi connectivity index (χ3v) is 2.23. The topological polar surface area (TPSA) is 67.9 Å². The van der Waals surface area contributed by atoms with Crippen molar-refractivity contribution >= 4 is 11.9 Å². The molecule has 0 spiro atoms. The fourth-order valence-corrected chi connectivity index (χ4v) is 1.40. The highest BCUT2D eigenvalue weighted by atomic mass is 16.5. The summed E-state index contributed by atoms with van der Waals surface area (Å²) in [5.74, 6) is -0.588. The maximum absolute atomic E-state index is 11.4. The van der Waals surface area contributed by atoms with Crippen LogP contribution in [-0.4, -0.2) is 64.3 Å². The molecule has 6 nitrogen and oxygen atoms in total. The zero-order chi connectivity index (χ0) is 13.3. The highest BCUT2D eigenvalue weighted by Gasteiger charge is 2.16. The molecule has 0 aliphatic heterocycles. The van der Waals surface area contributed by atoms with Crippen LogP contribution in [0.1, 0.15) is 6.92 Å². The molecule has 0 saturated carbocycles. The number of carbonyl (C=O) groups excluding carboxylic acids is 2. The second-order valence-corrected chi connectivity index (χ2v) is 3.96. The number of hydrogen-bond donors (Lipinski definition) is 1. The fraction of sp³-hybridized carbons (Fsp3) is 0.818. The number of carbonyl (C=O) groups is 2. The highest BCUT2D eigenvalue weighted by molar-refractivity contribution is 5.78. The molecule has 1 unspecified atom stereocenters. The van der Waals surface area contributed by atoms with Crippen molar-refractivity contribution in [1.29, 1.82) is 0 Å². The molecule has 0 radical (unpaired) electrons. The Hall–Kier alpha value is -1.14. The zero-order valence-corrected chi connectivity index (χ0v) is 11.0. The van der Waals surface area contributed by atoms with Crippen LogP contribution in [0.15, 0.2) is 0 Å². The molecular formula is C11H22N2O4. The summed E-state index contributed by atoms with van der Waals surface area (Å²) in [7, 11) is 4.72. The summed E-state index contributed by atoms with van der Waals surface area (Å²) in [6, 6.07) is 0. The second-order valence-electron chi connectivity index (χ2n) is 3.96. The Balaban J connectivity index is 3.80. The van der Waals surface area contributed by atoms with Gasteiger partial charge in [0.15, 0.2) is 0 Å². The summed E-state index contributed by atoms with van der Waals surface area (Å²) in [5.41, 5.74) is 0. The Bertz CT molecular complexity index is 246. The van der Waals surface area contributed by atoms with Crippen molar-refractivity contribution in [2.75, 3.05) is 47.5 Å². The van der Waals surface area contributed by atoms with E-state index < -0.39 is 0 Å². The summed E-state index contributed by atoms with van der Waals surface area (Å²) in [6.07, 6.45) is 0. The van der Waals surface area contributed by atoms with E-state index in [1.807, 2.05) is 0 Å². The summed E-state index contributed by atoms with van der Waals surface area (Å²) in [4.78, 5) is 24.4. The number of esters is 1. The Kier molecular flexibility index (Phi) is 8.35. The molecule has 0 rings (SSSR count). The summed E-state index contributed by atoms with van der Waals surface area (Å²) in [6.45, 7) is 3.50. The number of nitrogens with one attached hydrogen (secondary N) is 1. The van der Waals surface area contributed by atoms with Gasteiger partial charge in [-0.2, -0.15) is 0 Å². The third kappa shape index (κ3) is 7.70. The molecular weight excluding hydrogens is 224 g/mol. The molecule has 0 aliphatic carbocycles. The van der Waals surface area contributed by atoms with Gasteiger partial charge < -0.3 is 14.8 Å². The van der Waals surface area contributed by atoms with E-state index in [4.69, 9.17) is 4.74 Å². The minimum absolute atomic E-state index is 0.0818. The van der Waals surface area contributed by atoms with Crippen LogP contribution >= 0.6 is 0 Å². The van der Waals surface area contributed by atoms with E-state index in [1.165, 1.54) is 7.11 Å². The number of rotatable bonds is 8. The molecule has 0 bridgehead atoms. The molecule has 100 valence electrons. The lowest BCUT2D eigenvalue weighted by Crippen LogP contribution is -2.39. The predicted molar refractivity (Wildman–Crippen MR) is 63.6 cm³/mol. The van der Waals surface area contributed by atoms with Gasteiger partial charge in [-0.25, -0.2) is 0 Å². The molecule has 1 amide bonds. The van der Waals surface area contributed by atoms with Crippen LogP contribution < -0.4 is 5.32 Å². The van der Waals surface area contributed by atoms with Crippen molar-refractivity contribution in [3.63, 3.8) is 0 Å². The van der Waals surface area contributed by atoms with Crippen LogP contribution in [0.5, 0.6) is 0 Å². The fourth-order valence-electron chi connectivity index (χ4n) is 1.40. The molecule has 0 aromatic carbocycles. The van der Waals surface area contributed by atoms with Crippen LogP contribution in [0.3, 0.4) is 0 Å². The summed E-state index contributed by atoms with van der Waals surface area (Å²) < 4.78 is 9.43. The minimum Gasteiger partial charge on any atom is -0.469 e. The van der Waals surface area contributed by atoms with E-state index in [2.05, 4.69) is 10.1 Å². The van der Waals surface area contributed by atoms with Crippen molar-refractivity contribution in [1.82, 2.24) is 10.2 Å². The number of likely N-dealkylation sites (N-methyl/N-ethyl adjacent to an activating group) is 1. The van der Waals surface area contributed by atoms with Crippen molar-refractivity contribution in [2.24, 2.45) is 5.92 Å². The van der Waals surface area contributed by atoms with Gasteiger partial charge in [-0.3, -0.25) is 14.5 Å². The molecule has 0 heterocycles. The third-order valence-electron chi connectivity index (χ3n) is 2.23. The average molecular weight is 246 g/mol. The zero-order valence-electron chi connectivity index (χ0n) is 11.0. The number of ether oxygens (including phenoxy) is 2. The number of methoxy groups -OCH3 is 2. The van der Waals surface area contributed by atoms with Crippen LogP contribution in [0.25, 0.3) is 0 Å². The largest absolute Gasteiger partial charge is 0.469 e. The number of amides is 1. The van der Waals surface area contributed by atoms with Crippen molar-refractivity contribution in [2.45, 2.75) is 6.92 Å². The lowest BCUT2D eigenvalue weighted by atomic mass is 10.2. The van der Waals surface area contributed by atoms with Gasteiger partial charge in [0.25, 0.3) is 0 Å². The van der Waals surface area contributed by atoms with Crippen molar-refractivity contribution < 1.29 is 19.1 Å². The first kappa shape index (κ1) is 15.9. The first-order chi connectivity index (χ1) is 8.01. The first-order valence-electron chi connectivity index (χ1n) is 5.53. The van der Waals surface area contributed by atoms with E-state index >= 15 is 0 Å². The van der Waals surface area contributed by atoms with Gasteiger partial charge in [0.1, 0.15) is 0 Å². The van der Waals surface area contributed by atoms with Gasteiger partial charge in [0.2, 0.25) is 5.91 Å². The Morgan fingerprint density at radius 3 is 2.53 bits per heavy atom. The summed E-state index contributed by atoms with van der Waals surface area (Å²) in [5, 5.41) is 2.71. The lowest BCUT2D eigenvalue weighted by Gasteiger charge is -2.19. The van der Waals surface area contributed by atoms with Crippen LogP contribution in [0, 0.1) is 5.92 Å². The monoisotopic (exact) mass is 246 g/mol. The molecule has 0 aromatic rings. The molecule has 0 saturated heterocycles. The molecule has 0 fully saturated rings. The van der Waals surface area contributed by atoms with Gasteiger partial charge in [-0.1, -0.05) is 6.92 Å². The quantitative estimate of drug-likeness (QED) is 0.461. The SMILES string of the molecule is COCCNC(=O)CN(C)CC(C)C(=O)OC. The minimum atomic E-state index is -0.267. The van der Waals surface area contributed by atoms with Gasteiger partial charge in [0.05, 0.1) is 26.2 Å². The van der Waals surface area contributed by atoms with Crippen molar-refractivity contribution in [3.05, 3.63) is 0 Å². The van der Waals surface area contributed by atoms with Crippen LogP contribution in [-0.2, 0) is 19.1 Å². The van der Waals surface area contributed by atoms with Gasteiger partial charge >= 0.3 is 5.97 Å². The first-order valence-corrected chi connectivity index (χ1v) is 5.53. The highest BCUT2D eigenvalue weighted by Crippen LogP contribution is 2.00. The van der Waals surface area contributed by atoms with E-state index in [0.29, 0.717) is 19.7 Å². The normalized spacial score (nSPS) is 12.3. The molecule has 1 N–H and O–H groups in total. The maximum Gasteiger partial charge on any atom is 0.309 e. The smallest absolute Gasteiger partial charge is 0.309 e. The van der Waals surface area contributed by atoms with Gasteiger partial charge in [-0.15, -0.1) is 0 Å².